The van der Waals surface area contributed by atoms with Crippen molar-refractivity contribution in [3.8, 4) is 0 Å². The normalized spacial score (nSPS) is 18.6. The molecule has 0 amide bonds. The maximum Gasteiger partial charge on any atom is 0.229 e. The minimum atomic E-state index is 0.376. The van der Waals surface area contributed by atoms with Gasteiger partial charge < -0.3 is 9.42 Å². The summed E-state index contributed by atoms with van der Waals surface area (Å²) in [6.07, 6.45) is 4.39. The third kappa shape index (κ3) is 2.99. The summed E-state index contributed by atoms with van der Waals surface area (Å²) < 4.78 is 6.43. The van der Waals surface area contributed by atoms with Gasteiger partial charge in [0.2, 0.25) is 5.89 Å². The molecule has 1 aliphatic heterocycles. The fourth-order valence-electron chi connectivity index (χ4n) is 3.59. The number of hydrogen-bond acceptors (Lipinski definition) is 5. The second-order valence-electron chi connectivity index (χ2n) is 7.12. The maximum atomic E-state index is 6.35. The van der Waals surface area contributed by atoms with Crippen molar-refractivity contribution >= 4 is 44.3 Å². The summed E-state index contributed by atoms with van der Waals surface area (Å²) in [5.74, 6) is 3.58. The largest absolute Gasteiger partial charge is 0.357 e. The fraction of sp³-hybridized carbons (Fsp3) is 0.421. The molecule has 0 radical (unpaired) electrons. The molecular formula is C19H18BrClN4O. The lowest BCUT2D eigenvalue weighted by Crippen LogP contribution is -2.33. The molecule has 0 N–H and O–H groups in total. The molecule has 134 valence electrons. The molecule has 5 rings (SSSR count). The predicted octanol–water partition coefficient (Wildman–Crippen LogP) is 5.30. The molecule has 1 aromatic carbocycles. The van der Waals surface area contributed by atoms with Gasteiger partial charge in [0.1, 0.15) is 5.82 Å². The van der Waals surface area contributed by atoms with Crippen molar-refractivity contribution in [3.63, 3.8) is 0 Å². The van der Waals surface area contributed by atoms with Crippen LogP contribution in [0.2, 0.25) is 5.02 Å². The number of benzene rings is 1. The van der Waals surface area contributed by atoms with E-state index in [1.165, 1.54) is 12.8 Å². The molecule has 2 aromatic heterocycles. The Morgan fingerprint density at radius 1 is 1.00 bits per heavy atom. The average molecular weight is 434 g/mol. The first-order valence-electron chi connectivity index (χ1n) is 9.02. The van der Waals surface area contributed by atoms with Gasteiger partial charge in [-0.2, -0.15) is 4.98 Å². The molecule has 1 saturated carbocycles. The summed E-state index contributed by atoms with van der Waals surface area (Å²) in [4.78, 5) is 11.7. The molecule has 0 bridgehead atoms. The summed E-state index contributed by atoms with van der Waals surface area (Å²) in [6, 6.07) is 7.99. The van der Waals surface area contributed by atoms with E-state index in [1.54, 1.807) is 0 Å². The number of halogens is 2. The number of piperidine rings is 1. The number of aromatic nitrogens is 3. The second kappa shape index (κ2) is 6.50. The summed E-state index contributed by atoms with van der Waals surface area (Å²) in [6.45, 7) is 1.87. The van der Waals surface area contributed by atoms with Crippen LogP contribution in [-0.4, -0.2) is 28.2 Å². The molecular weight excluding hydrogens is 416 g/mol. The molecule has 2 fully saturated rings. The van der Waals surface area contributed by atoms with Gasteiger partial charge in [-0.1, -0.05) is 32.7 Å². The minimum absolute atomic E-state index is 0.376. The molecule has 3 heterocycles. The van der Waals surface area contributed by atoms with Gasteiger partial charge in [0.15, 0.2) is 5.82 Å². The van der Waals surface area contributed by atoms with Gasteiger partial charge in [0.05, 0.1) is 10.5 Å². The smallest absolute Gasteiger partial charge is 0.229 e. The van der Waals surface area contributed by atoms with Crippen molar-refractivity contribution in [2.75, 3.05) is 18.0 Å². The number of hydrogen-bond donors (Lipinski definition) is 0. The second-order valence-corrected chi connectivity index (χ2v) is 8.38. The number of fused-ring (bicyclic) bond motifs is 1. The molecule has 0 atom stereocenters. The van der Waals surface area contributed by atoms with Crippen molar-refractivity contribution < 1.29 is 4.52 Å². The molecule has 7 heteroatoms. The van der Waals surface area contributed by atoms with Crippen LogP contribution in [0.5, 0.6) is 0 Å². The Balaban J connectivity index is 1.33. The average Bonchev–Trinajstić information content (AvgIpc) is 3.42. The Morgan fingerprint density at radius 2 is 1.81 bits per heavy atom. The topological polar surface area (TPSA) is 55.1 Å². The Kier molecular flexibility index (Phi) is 4.13. The summed E-state index contributed by atoms with van der Waals surface area (Å²) in [5.41, 5.74) is 0.841. The molecule has 3 aromatic rings. The number of pyridine rings is 1. The molecule has 1 aliphatic carbocycles. The van der Waals surface area contributed by atoms with Crippen molar-refractivity contribution in [1.82, 2.24) is 15.1 Å². The van der Waals surface area contributed by atoms with Gasteiger partial charge in [-0.05, 0) is 49.9 Å². The van der Waals surface area contributed by atoms with Gasteiger partial charge >= 0.3 is 0 Å². The fourth-order valence-corrected chi connectivity index (χ4v) is 4.25. The Labute approximate surface area is 164 Å². The quantitative estimate of drug-likeness (QED) is 0.561. The van der Waals surface area contributed by atoms with Crippen LogP contribution in [0.1, 0.15) is 49.2 Å². The van der Waals surface area contributed by atoms with Gasteiger partial charge in [-0.15, -0.1) is 0 Å². The van der Waals surface area contributed by atoms with E-state index in [0.29, 0.717) is 16.9 Å². The van der Waals surface area contributed by atoms with E-state index < -0.39 is 0 Å². The van der Waals surface area contributed by atoms with E-state index in [-0.39, 0.29) is 0 Å². The highest BCUT2D eigenvalue weighted by molar-refractivity contribution is 9.10. The van der Waals surface area contributed by atoms with Crippen molar-refractivity contribution in [1.29, 1.82) is 0 Å². The third-order valence-corrected chi connectivity index (χ3v) is 6.30. The SMILES string of the molecule is Clc1ccc(Br)c2ccc(N3CCC(c4noc(C5CC5)n4)CC3)nc12. The first-order chi connectivity index (χ1) is 12.7. The maximum absolute atomic E-state index is 6.35. The highest BCUT2D eigenvalue weighted by Crippen LogP contribution is 2.40. The van der Waals surface area contributed by atoms with E-state index in [1.807, 2.05) is 12.1 Å². The first-order valence-corrected chi connectivity index (χ1v) is 10.2. The van der Waals surface area contributed by atoms with Gasteiger partial charge in [-0.25, -0.2) is 4.98 Å². The molecule has 2 aliphatic rings. The zero-order valence-corrected chi connectivity index (χ0v) is 16.5. The lowest BCUT2D eigenvalue weighted by atomic mass is 9.96. The summed E-state index contributed by atoms with van der Waals surface area (Å²) in [5, 5.41) is 5.94. The van der Waals surface area contributed by atoms with Crippen molar-refractivity contribution in [2.24, 2.45) is 0 Å². The van der Waals surface area contributed by atoms with E-state index in [0.717, 1.165) is 58.8 Å². The zero-order chi connectivity index (χ0) is 17.7. The number of anilines is 1. The molecule has 5 nitrogen and oxygen atoms in total. The molecule has 0 spiro atoms. The van der Waals surface area contributed by atoms with Crippen LogP contribution >= 0.6 is 27.5 Å². The van der Waals surface area contributed by atoms with Crippen LogP contribution in [0, 0.1) is 0 Å². The standard InChI is InChI=1S/C19H18BrClN4O/c20-14-4-5-15(21)17-13(14)3-6-16(22-17)25-9-7-11(8-10-25)18-23-19(26-24-18)12-1-2-12/h3-6,11-12H,1-2,7-10H2. The number of nitrogens with zero attached hydrogens (tertiary/aromatic N) is 4. The zero-order valence-electron chi connectivity index (χ0n) is 14.2. The van der Waals surface area contributed by atoms with E-state index >= 15 is 0 Å². The van der Waals surface area contributed by atoms with Gasteiger partial charge in [0, 0.05) is 34.8 Å². The van der Waals surface area contributed by atoms with Crippen LogP contribution in [0.25, 0.3) is 10.9 Å². The van der Waals surface area contributed by atoms with Crippen LogP contribution in [0.3, 0.4) is 0 Å². The summed E-state index contributed by atoms with van der Waals surface area (Å²) >= 11 is 9.91. The van der Waals surface area contributed by atoms with E-state index in [2.05, 4.69) is 43.1 Å². The van der Waals surface area contributed by atoms with Crippen LogP contribution in [0.4, 0.5) is 5.82 Å². The Morgan fingerprint density at radius 3 is 2.58 bits per heavy atom. The molecule has 0 unspecified atom stereocenters. The van der Waals surface area contributed by atoms with Crippen LogP contribution in [0.15, 0.2) is 33.3 Å². The van der Waals surface area contributed by atoms with Crippen LogP contribution < -0.4 is 4.90 Å². The van der Waals surface area contributed by atoms with E-state index in [4.69, 9.17) is 21.1 Å². The molecule has 1 saturated heterocycles. The van der Waals surface area contributed by atoms with Crippen molar-refractivity contribution in [3.05, 3.63) is 45.5 Å². The highest BCUT2D eigenvalue weighted by Gasteiger charge is 2.32. The monoisotopic (exact) mass is 432 g/mol. The van der Waals surface area contributed by atoms with Gasteiger partial charge in [0.25, 0.3) is 0 Å². The predicted molar refractivity (Wildman–Crippen MR) is 105 cm³/mol. The molecule has 26 heavy (non-hydrogen) atoms. The minimum Gasteiger partial charge on any atom is -0.357 e. The highest BCUT2D eigenvalue weighted by atomic mass is 79.9. The third-order valence-electron chi connectivity index (χ3n) is 5.31. The van der Waals surface area contributed by atoms with Crippen molar-refractivity contribution in [2.45, 2.75) is 37.5 Å². The van der Waals surface area contributed by atoms with Gasteiger partial charge in [-0.3, -0.25) is 0 Å². The lowest BCUT2D eigenvalue weighted by Gasteiger charge is -2.31. The summed E-state index contributed by atoms with van der Waals surface area (Å²) in [7, 11) is 0. The number of rotatable bonds is 3. The van der Waals surface area contributed by atoms with E-state index in [9.17, 15) is 0 Å². The first kappa shape index (κ1) is 16.5. The Bertz CT molecular complexity index is 963. The lowest BCUT2D eigenvalue weighted by molar-refractivity contribution is 0.364. The van der Waals surface area contributed by atoms with Crippen LogP contribution in [-0.2, 0) is 0 Å². The Hall–Kier alpha value is -1.66.